The zero-order chi connectivity index (χ0) is 17.2. The van der Waals surface area contributed by atoms with Crippen molar-refractivity contribution < 1.29 is 31.4 Å². The molecule has 0 aliphatic carbocycles. The number of hydrogen-bond donors (Lipinski definition) is 1. The summed E-state index contributed by atoms with van der Waals surface area (Å²) in [6.07, 6.45) is -5.11. The fourth-order valence-corrected chi connectivity index (χ4v) is 2.17. The first-order chi connectivity index (χ1) is 10.7. The van der Waals surface area contributed by atoms with Crippen molar-refractivity contribution in [2.24, 2.45) is 0 Å². The van der Waals surface area contributed by atoms with Gasteiger partial charge in [0, 0.05) is 6.42 Å². The van der Waals surface area contributed by atoms with Crippen LogP contribution in [0.1, 0.15) is 16.7 Å². The molecule has 0 atom stereocenters. The van der Waals surface area contributed by atoms with Crippen LogP contribution < -0.4 is 0 Å². The van der Waals surface area contributed by atoms with Crippen molar-refractivity contribution in [2.45, 2.75) is 25.2 Å². The summed E-state index contributed by atoms with van der Waals surface area (Å²) in [5, 5.41) is 9.27. The maximum Gasteiger partial charge on any atom is 0.311 e. The molecule has 2 aromatic carbocycles. The minimum Gasteiger partial charge on any atom is -0.505 e. The average Bonchev–Trinajstić information content (AvgIpc) is 2.41. The van der Waals surface area contributed by atoms with E-state index in [1.807, 2.05) is 0 Å². The Kier molecular flexibility index (Phi) is 4.87. The topological polar surface area (TPSA) is 20.2 Å². The summed E-state index contributed by atoms with van der Waals surface area (Å²) in [6.45, 7) is 0. The minimum atomic E-state index is -4.25. The molecule has 2 rings (SSSR count). The number of rotatable bonds is 5. The third-order valence-corrected chi connectivity index (χ3v) is 3.20. The van der Waals surface area contributed by atoms with E-state index in [0.717, 1.165) is 24.3 Å². The van der Waals surface area contributed by atoms with Crippen molar-refractivity contribution in [1.29, 1.82) is 0 Å². The Morgan fingerprint density at radius 1 is 0.913 bits per heavy atom. The van der Waals surface area contributed by atoms with Crippen LogP contribution in [-0.2, 0) is 12.8 Å². The highest BCUT2D eigenvalue weighted by Gasteiger charge is 2.40. The zero-order valence-electron chi connectivity index (χ0n) is 11.7. The van der Waals surface area contributed by atoms with Crippen LogP contribution in [0.5, 0.6) is 5.75 Å². The van der Waals surface area contributed by atoms with E-state index in [1.54, 1.807) is 0 Å². The lowest BCUT2D eigenvalue weighted by Gasteiger charge is -2.16. The average molecular weight is 334 g/mol. The standard InChI is InChI=1S/C16H12F6O/c17-12-5-10(3-9-1-2-13(18)14(23)7-9)4-11(6-12)8-16(21,22)15(19)20/h1-2,4-7,15,23H,3,8H2. The van der Waals surface area contributed by atoms with Gasteiger partial charge in [-0.2, -0.15) is 8.78 Å². The summed E-state index contributed by atoms with van der Waals surface area (Å²) >= 11 is 0. The van der Waals surface area contributed by atoms with E-state index in [1.165, 1.54) is 12.1 Å². The largest absolute Gasteiger partial charge is 0.505 e. The highest BCUT2D eigenvalue weighted by Crippen LogP contribution is 2.28. The summed E-state index contributed by atoms with van der Waals surface area (Å²) in [5.41, 5.74) is 0.397. The molecule has 0 aromatic heterocycles. The minimum absolute atomic E-state index is 0.0266. The number of phenols is 1. The van der Waals surface area contributed by atoms with Crippen LogP contribution in [0, 0.1) is 11.6 Å². The second kappa shape index (κ2) is 6.52. The molecular weight excluding hydrogens is 322 g/mol. The highest BCUT2D eigenvalue weighted by molar-refractivity contribution is 5.35. The fraction of sp³-hybridized carbons (Fsp3) is 0.250. The summed E-state index contributed by atoms with van der Waals surface area (Å²) in [4.78, 5) is 0. The zero-order valence-corrected chi connectivity index (χ0v) is 11.7. The third-order valence-electron chi connectivity index (χ3n) is 3.20. The molecule has 23 heavy (non-hydrogen) atoms. The smallest absolute Gasteiger partial charge is 0.311 e. The molecular formula is C16H12F6O. The lowest BCUT2D eigenvalue weighted by molar-refractivity contribution is -0.127. The van der Waals surface area contributed by atoms with Crippen LogP contribution in [0.3, 0.4) is 0 Å². The van der Waals surface area contributed by atoms with Gasteiger partial charge >= 0.3 is 12.3 Å². The van der Waals surface area contributed by atoms with E-state index < -0.39 is 36.2 Å². The third kappa shape index (κ3) is 4.40. The molecule has 1 nitrogen and oxygen atoms in total. The van der Waals surface area contributed by atoms with Crippen molar-refractivity contribution in [3.8, 4) is 5.75 Å². The number of phenolic OH excluding ortho intramolecular Hbond substituents is 1. The van der Waals surface area contributed by atoms with Crippen LogP contribution in [-0.4, -0.2) is 17.5 Å². The molecule has 0 bridgehead atoms. The first-order valence-corrected chi connectivity index (χ1v) is 6.59. The van der Waals surface area contributed by atoms with Crippen molar-refractivity contribution >= 4 is 0 Å². The number of alkyl halides is 4. The van der Waals surface area contributed by atoms with Crippen molar-refractivity contribution in [3.63, 3.8) is 0 Å². The molecule has 0 aliphatic heterocycles. The van der Waals surface area contributed by atoms with Gasteiger partial charge in [0.15, 0.2) is 11.6 Å². The van der Waals surface area contributed by atoms with E-state index in [-0.39, 0.29) is 17.5 Å². The van der Waals surface area contributed by atoms with Gasteiger partial charge in [0.05, 0.1) is 0 Å². The molecule has 0 heterocycles. The van der Waals surface area contributed by atoms with E-state index in [9.17, 15) is 31.4 Å². The van der Waals surface area contributed by atoms with E-state index in [2.05, 4.69) is 0 Å². The van der Waals surface area contributed by atoms with Crippen LogP contribution >= 0.6 is 0 Å². The van der Waals surface area contributed by atoms with Gasteiger partial charge in [0.1, 0.15) is 5.82 Å². The molecule has 0 amide bonds. The summed E-state index contributed by atoms with van der Waals surface area (Å²) in [6, 6.07) is 6.48. The molecule has 7 heteroatoms. The van der Waals surface area contributed by atoms with Gasteiger partial charge in [-0.1, -0.05) is 12.1 Å². The van der Waals surface area contributed by atoms with Gasteiger partial charge in [-0.05, 0) is 47.4 Å². The molecule has 0 saturated heterocycles. The maximum absolute atomic E-state index is 13.5. The second-order valence-electron chi connectivity index (χ2n) is 5.17. The van der Waals surface area contributed by atoms with Gasteiger partial charge < -0.3 is 5.11 Å². The molecule has 0 spiro atoms. The Balaban J connectivity index is 2.25. The SMILES string of the molecule is Oc1cc(Cc2cc(F)cc(CC(F)(F)C(F)F)c2)ccc1F. The molecule has 0 saturated carbocycles. The molecule has 0 fully saturated rings. The Morgan fingerprint density at radius 2 is 1.57 bits per heavy atom. The summed E-state index contributed by atoms with van der Waals surface area (Å²) < 4.78 is 77.1. The predicted octanol–water partition coefficient (Wildman–Crippen LogP) is 4.70. The van der Waals surface area contributed by atoms with Gasteiger partial charge in [0.2, 0.25) is 0 Å². The molecule has 124 valence electrons. The van der Waals surface area contributed by atoms with E-state index in [0.29, 0.717) is 5.56 Å². The normalized spacial score (nSPS) is 12.0. The van der Waals surface area contributed by atoms with E-state index in [4.69, 9.17) is 0 Å². The number of benzene rings is 2. The monoisotopic (exact) mass is 334 g/mol. The van der Waals surface area contributed by atoms with Crippen LogP contribution in [0.2, 0.25) is 0 Å². The van der Waals surface area contributed by atoms with Crippen molar-refractivity contribution in [3.05, 3.63) is 64.7 Å². The van der Waals surface area contributed by atoms with Crippen LogP contribution in [0.25, 0.3) is 0 Å². The molecule has 0 radical (unpaired) electrons. The molecule has 1 N–H and O–H groups in total. The lowest BCUT2D eigenvalue weighted by atomic mass is 9.99. The Hall–Kier alpha value is -2.18. The molecule has 2 aromatic rings. The van der Waals surface area contributed by atoms with Crippen molar-refractivity contribution in [2.75, 3.05) is 0 Å². The number of aromatic hydroxyl groups is 1. The Morgan fingerprint density at radius 3 is 2.17 bits per heavy atom. The van der Waals surface area contributed by atoms with Crippen LogP contribution in [0.4, 0.5) is 26.3 Å². The first-order valence-electron chi connectivity index (χ1n) is 6.59. The van der Waals surface area contributed by atoms with Crippen molar-refractivity contribution in [1.82, 2.24) is 0 Å². The number of hydrogen-bond acceptors (Lipinski definition) is 1. The van der Waals surface area contributed by atoms with E-state index >= 15 is 0 Å². The first kappa shape index (κ1) is 17.2. The Bertz CT molecular complexity index is 699. The maximum atomic E-state index is 13.5. The summed E-state index contributed by atoms with van der Waals surface area (Å²) in [5.74, 6) is -6.51. The fourth-order valence-electron chi connectivity index (χ4n) is 2.17. The van der Waals surface area contributed by atoms with Gasteiger partial charge in [-0.3, -0.25) is 0 Å². The highest BCUT2D eigenvalue weighted by atomic mass is 19.3. The van der Waals surface area contributed by atoms with Gasteiger partial charge in [-0.15, -0.1) is 0 Å². The molecule has 0 unspecified atom stereocenters. The quantitative estimate of drug-likeness (QED) is 0.786. The second-order valence-corrected chi connectivity index (χ2v) is 5.17. The molecule has 0 aliphatic rings. The number of halogens is 6. The predicted molar refractivity (Wildman–Crippen MR) is 71.9 cm³/mol. The van der Waals surface area contributed by atoms with Gasteiger partial charge in [0.25, 0.3) is 0 Å². The van der Waals surface area contributed by atoms with Crippen LogP contribution in [0.15, 0.2) is 36.4 Å². The summed E-state index contributed by atoms with van der Waals surface area (Å²) in [7, 11) is 0. The lowest BCUT2D eigenvalue weighted by Crippen LogP contribution is -2.29. The Labute approximate surface area is 128 Å². The van der Waals surface area contributed by atoms with Gasteiger partial charge in [-0.25, -0.2) is 17.6 Å².